The number of phenolic OH excluding ortho intramolecular Hbond substituents is 1. The van der Waals surface area contributed by atoms with Gasteiger partial charge in [-0.15, -0.1) is 0 Å². The molecule has 6 heteroatoms. The molecule has 29 heavy (non-hydrogen) atoms. The highest BCUT2D eigenvalue weighted by Crippen LogP contribution is 2.28. The van der Waals surface area contributed by atoms with Crippen LogP contribution in [0.2, 0.25) is 0 Å². The van der Waals surface area contributed by atoms with E-state index in [1.165, 1.54) is 12.8 Å². The fourth-order valence-electron chi connectivity index (χ4n) is 3.73. The quantitative estimate of drug-likeness (QED) is 0.437. The van der Waals surface area contributed by atoms with Gasteiger partial charge in [-0.1, -0.05) is 20.4 Å². The van der Waals surface area contributed by atoms with Crippen molar-refractivity contribution in [1.29, 1.82) is 0 Å². The number of aliphatic imine (C=N–C) groups is 1. The zero-order valence-electron chi connectivity index (χ0n) is 17.5. The third kappa shape index (κ3) is 4.43. The maximum absolute atomic E-state index is 10.2. The van der Waals surface area contributed by atoms with E-state index < -0.39 is 0 Å². The molecule has 6 nitrogen and oxygen atoms in total. The van der Waals surface area contributed by atoms with E-state index in [4.69, 9.17) is 10.7 Å². The third-order valence-electron chi connectivity index (χ3n) is 5.42. The zero-order chi connectivity index (χ0) is 21.0. The van der Waals surface area contributed by atoms with E-state index in [0.29, 0.717) is 11.4 Å². The lowest BCUT2D eigenvalue weighted by atomic mass is 10.0. The van der Waals surface area contributed by atoms with Gasteiger partial charge in [-0.05, 0) is 67.5 Å². The minimum Gasteiger partial charge on any atom is -0.507 e. The highest BCUT2D eigenvalue weighted by atomic mass is 16.6. The van der Waals surface area contributed by atoms with E-state index in [9.17, 15) is 5.11 Å². The smallest absolute Gasteiger partial charge is 0.246 e. The van der Waals surface area contributed by atoms with Gasteiger partial charge in [0.1, 0.15) is 11.6 Å². The summed E-state index contributed by atoms with van der Waals surface area (Å²) in [6.45, 7) is 12.1. The van der Waals surface area contributed by atoms with Crippen LogP contribution >= 0.6 is 0 Å². The predicted molar refractivity (Wildman–Crippen MR) is 118 cm³/mol. The number of aromatic hydroxyl groups is 1. The van der Waals surface area contributed by atoms with Crippen LogP contribution in [0, 0.1) is 6.92 Å². The fraction of sp³-hybridized carbons (Fsp3) is 0.391. The van der Waals surface area contributed by atoms with Gasteiger partial charge in [0.2, 0.25) is 5.90 Å². The summed E-state index contributed by atoms with van der Waals surface area (Å²) in [5.41, 5.74) is 4.86. The number of aryl methyl sites for hydroxylation is 3. The van der Waals surface area contributed by atoms with E-state index in [1.54, 1.807) is 6.20 Å². The first-order valence-electron chi connectivity index (χ1n) is 10.2. The molecular formula is C23H30N4O2. The standard InChI is InChI=1S/C23H30N4O2/c1-5-17-12-19(11-15(3)21(17)28)16(4)26-23(29-24)20-13-18(6-2)22(25-14-20)27-9-7-8-10-27/h11-14,28H,4-10,24H2,1-3H3/b26-23-. The summed E-state index contributed by atoms with van der Waals surface area (Å²) in [6.07, 6.45) is 5.75. The Bertz CT molecular complexity index is 931. The Kier molecular flexibility index (Phi) is 6.54. The van der Waals surface area contributed by atoms with Crippen LogP contribution in [0.15, 0.2) is 36.0 Å². The number of hydrogen-bond acceptors (Lipinski definition) is 6. The highest BCUT2D eigenvalue weighted by molar-refractivity contribution is 5.97. The summed E-state index contributed by atoms with van der Waals surface area (Å²) in [5, 5.41) is 10.2. The molecule has 0 spiro atoms. The van der Waals surface area contributed by atoms with Gasteiger partial charge in [0.25, 0.3) is 0 Å². The van der Waals surface area contributed by atoms with Crippen LogP contribution in [-0.2, 0) is 17.7 Å². The maximum atomic E-state index is 10.2. The Morgan fingerprint density at radius 3 is 2.45 bits per heavy atom. The van der Waals surface area contributed by atoms with Gasteiger partial charge in [-0.2, -0.15) is 5.90 Å². The Morgan fingerprint density at radius 2 is 1.83 bits per heavy atom. The van der Waals surface area contributed by atoms with Crippen LogP contribution in [0.5, 0.6) is 5.75 Å². The van der Waals surface area contributed by atoms with Crippen LogP contribution in [0.3, 0.4) is 0 Å². The van der Waals surface area contributed by atoms with Crippen molar-refractivity contribution in [1.82, 2.24) is 4.98 Å². The molecule has 1 aliphatic heterocycles. The number of rotatable bonds is 6. The van der Waals surface area contributed by atoms with Crippen LogP contribution in [-0.4, -0.2) is 29.1 Å². The van der Waals surface area contributed by atoms with Crippen molar-refractivity contribution in [3.8, 4) is 5.75 Å². The Morgan fingerprint density at radius 1 is 1.17 bits per heavy atom. The van der Waals surface area contributed by atoms with Crippen LogP contribution < -0.4 is 10.8 Å². The Hall–Kier alpha value is -2.86. The molecule has 2 aromatic rings. The summed E-state index contributed by atoms with van der Waals surface area (Å²) >= 11 is 0. The average Bonchev–Trinajstić information content (AvgIpc) is 3.27. The molecule has 2 heterocycles. The van der Waals surface area contributed by atoms with Gasteiger partial charge in [0, 0.05) is 24.8 Å². The predicted octanol–water partition coefficient (Wildman–Crippen LogP) is 4.13. The van der Waals surface area contributed by atoms with Gasteiger partial charge in [0.15, 0.2) is 0 Å². The second-order valence-electron chi connectivity index (χ2n) is 7.39. The fourth-order valence-corrected chi connectivity index (χ4v) is 3.73. The summed E-state index contributed by atoms with van der Waals surface area (Å²) < 4.78 is 0. The van der Waals surface area contributed by atoms with Crippen molar-refractivity contribution in [3.05, 3.63) is 58.8 Å². The monoisotopic (exact) mass is 394 g/mol. The topological polar surface area (TPSA) is 84.0 Å². The minimum absolute atomic E-state index is 0.272. The van der Waals surface area contributed by atoms with E-state index in [1.807, 2.05) is 32.0 Å². The van der Waals surface area contributed by atoms with Crippen LogP contribution in [0.1, 0.15) is 54.5 Å². The van der Waals surface area contributed by atoms with Gasteiger partial charge in [-0.3, -0.25) is 0 Å². The number of pyridine rings is 1. The van der Waals surface area contributed by atoms with E-state index >= 15 is 0 Å². The average molecular weight is 395 g/mol. The van der Waals surface area contributed by atoms with Crippen LogP contribution in [0.25, 0.3) is 5.70 Å². The first-order valence-corrected chi connectivity index (χ1v) is 10.2. The molecule has 3 rings (SSSR count). The van der Waals surface area contributed by atoms with E-state index in [-0.39, 0.29) is 5.90 Å². The lowest BCUT2D eigenvalue weighted by Crippen LogP contribution is -2.21. The number of benzene rings is 1. The molecule has 154 valence electrons. The van der Waals surface area contributed by atoms with E-state index in [0.717, 1.165) is 59.6 Å². The lowest BCUT2D eigenvalue weighted by molar-refractivity contribution is 0.322. The van der Waals surface area contributed by atoms with Crippen molar-refractivity contribution in [2.75, 3.05) is 18.0 Å². The van der Waals surface area contributed by atoms with Crippen molar-refractivity contribution in [2.24, 2.45) is 10.9 Å². The zero-order valence-corrected chi connectivity index (χ0v) is 17.5. The van der Waals surface area contributed by atoms with Crippen LogP contribution in [0.4, 0.5) is 5.82 Å². The second-order valence-corrected chi connectivity index (χ2v) is 7.39. The lowest BCUT2D eigenvalue weighted by Gasteiger charge is -2.20. The van der Waals surface area contributed by atoms with Gasteiger partial charge >= 0.3 is 0 Å². The molecular weight excluding hydrogens is 364 g/mol. The largest absolute Gasteiger partial charge is 0.507 e. The molecule has 0 unspecified atom stereocenters. The number of phenols is 1. The van der Waals surface area contributed by atoms with Crippen molar-refractivity contribution in [3.63, 3.8) is 0 Å². The molecule has 1 aromatic heterocycles. The van der Waals surface area contributed by atoms with Crippen molar-refractivity contribution in [2.45, 2.75) is 46.5 Å². The Labute approximate surface area is 172 Å². The summed E-state index contributed by atoms with van der Waals surface area (Å²) in [6, 6.07) is 5.80. The second kappa shape index (κ2) is 9.09. The molecule has 1 saturated heterocycles. The Balaban J connectivity index is 1.93. The van der Waals surface area contributed by atoms with Gasteiger partial charge < -0.3 is 14.8 Å². The maximum Gasteiger partial charge on any atom is 0.246 e. The number of nitrogens with two attached hydrogens (primary N) is 1. The number of nitrogens with zero attached hydrogens (tertiary/aromatic N) is 3. The van der Waals surface area contributed by atoms with Crippen molar-refractivity contribution < 1.29 is 9.94 Å². The molecule has 1 fully saturated rings. The molecule has 1 aliphatic rings. The molecule has 0 amide bonds. The highest BCUT2D eigenvalue weighted by Gasteiger charge is 2.18. The summed E-state index contributed by atoms with van der Waals surface area (Å²) in [5.74, 6) is 7.17. The molecule has 0 bridgehead atoms. The molecule has 0 aliphatic carbocycles. The number of anilines is 1. The first-order chi connectivity index (χ1) is 14.0. The van der Waals surface area contributed by atoms with E-state index in [2.05, 4.69) is 28.4 Å². The molecule has 0 saturated carbocycles. The summed E-state index contributed by atoms with van der Waals surface area (Å²) in [4.78, 5) is 16.6. The van der Waals surface area contributed by atoms with Gasteiger partial charge in [0.05, 0.1) is 11.3 Å². The van der Waals surface area contributed by atoms with Gasteiger partial charge in [-0.25, -0.2) is 9.98 Å². The molecule has 0 radical (unpaired) electrons. The van der Waals surface area contributed by atoms with Crippen molar-refractivity contribution >= 4 is 17.4 Å². The summed E-state index contributed by atoms with van der Waals surface area (Å²) in [7, 11) is 0. The number of aromatic nitrogens is 1. The molecule has 1 aromatic carbocycles. The first kappa shape index (κ1) is 20.9. The normalized spacial score (nSPS) is 14.3. The molecule has 0 atom stereocenters. The minimum atomic E-state index is 0.272. The molecule has 3 N–H and O–H groups in total. The SMILES string of the molecule is C=C(/N=C(\ON)c1cnc(N2CCCC2)c(CC)c1)c1cc(C)c(O)c(CC)c1. The number of hydrogen-bond donors (Lipinski definition) is 2. The third-order valence-corrected chi connectivity index (χ3v) is 5.42.